The molecule has 2 nitrogen and oxygen atoms in total. The van der Waals surface area contributed by atoms with Crippen LogP contribution < -0.4 is 21.1 Å². The molecule has 233 valence electrons. The van der Waals surface area contributed by atoms with Crippen LogP contribution in [-0.2, 0) is 5.41 Å². The lowest BCUT2D eigenvalue weighted by Gasteiger charge is -2.51. The molecule has 6 aromatic carbocycles. The Morgan fingerprint density at radius 1 is 0.625 bits per heavy atom. The second kappa shape index (κ2) is 11.0. The van der Waals surface area contributed by atoms with Gasteiger partial charge < -0.3 is 10.2 Å². The Bertz CT molecular complexity index is 2170. The number of nitrogens with zero attached hydrogens (tertiary/aromatic N) is 1. The van der Waals surface area contributed by atoms with E-state index in [4.69, 9.17) is 0 Å². The van der Waals surface area contributed by atoms with Gasteiger partial charge in [0.1, 0.15) is 0 Å². The summed E-state index contributed by atoms with van der Waals surface area (Å²) >= 11 is 0. The third-order valence-electron chi connectivity index (χ3n) is 11.7. The number of hydrogen-bond donors (Lipinski definition) is 1. The molecule has 0 saturated heterocycles. The number of fused-ring (bicyclic) bond motifs is 5. The van der Waals surface area contributed by atoms with E-state index < -0.39 is 0 Å². The first-order valence-corrected chi connectivity index (χ1v) is 17.5. The summed E-state index contributed by atoms with van der Waals surface area (Å²) < 4.78 is 0. The zero-order valence-electron chi connectivity index (χ0n) is 28.1. The molecule has 2 unspecified atom stereocenters. The molecule has 0 bridgehead atoms. The topological polar surface area (TPSA) is 15.3 Å². The van der Waals surface area contributed by atoms with Crippen molar-refractivity contribution in [2.75, 3.05) is 10.2 Å². The molecule has 1 N–H and O–H groups in total. The van der Waals surface area contributed by atoms with Crippen LogP contribution >= 0.6 is 0 Å². The highest BCUT2D eigenvalue weighted by Crippen LogP contribution is 2.60. The Hall–Kier alpha value is -5.02. The van der Waals surface area contributed by atoms with Gasteiger partial charge in [-0.2, -0.15) is 0 Å². The van der Waals surface area contributed by atoms with Crippen LogP contribution in [0.3, 0.4) is 0 Å². The van der Waals surface area contributed by atoms with Gasteiger partial charge in [-0.15, -0.1) is 0 Å². The van der Waals surface area contributed by atoms with Crippen LogP contribution in [0.1, 0.15) is 50.7 Å². The number of rotatable bonds is 5. The molecule has 1 saturated carbocycles. The highest BCUT2D eigenvalue weighted by atomic mass is 15.3. The maximum Gasteiger partial charge on any atom is 0.197 e. The number of para-hydroxylation sites is 1. The van der Waals surface area contributed by atoms with Crippen LogP contribution in [0.2, 0.25) is 0 Å². The number of hydrogen-bond acceptors (Lipinski definition) is 2. The molecule has 2 atom stereocenters. The summed E-state index contributed by atoms with van der Waals surface area (Å²) in [6.07, 6.45) is 5.02. The summed E-state index contributed by atoms with van der Waals surface area (Å²) in [5, 5.41) is 3.84. The van der Waals surface area contributed by atoms with Crippen molar-refractivity contribution >= 4 is 41.0 Å². The van der Waals surface area contributed by atoms with E-state index in [1.54, 1.807) is 0 Å². The van der Waals surface area contributed by atoms with Gasteiger partial charge >= 0.3 is 0 Å². The van der Waals surface area contributed by atoms with Gasteiger partial charge in [0.05, 0.1) is 5.54 Å². The van der Waals surface area contributed by atoms with Crippen LogP contribution in [0, 0.1) is 6.92 Å². The molecule has 0 aromatic heterocycles. The molecule has 0 spiro atoms. The summed E-state index contributed by atoms with van der Waals surface area (Å²) in [5.74, 6) is 0. The molecule has 2 heterocycles. The number of nitrogens with one attached hydrogen (secondary N) is 1. The molecule has 0 amide bonds. The van der Waals surface area contributed by atoms with Crippen molar-refractivity contribution < 1.29 is 0 Å². The number of anilines is 4. The van der Waals surface area contributed by atoms with Crippen molar-refractivity contribution in [3.05, 3.63) is 145 Å². The van der Waals surface area contributed by atoms with Gasteiger partial charge in [0, 0.05) is 33.7 Å². The molecular weight excluding hydrogens is 579 g/mol. The molecule has 9 rings (SSSR count). The molecule has 2 aliphatic heterocycles. The molecule has 1 fully saturated rings. The molecule has 3 heteroatoms. The maximum atomic E-state index is 3.84. The average Bonchev–Trinajstić information content (AvgIpc) is 3.34. The summed E-state index contributed by atoms with van der Waals surface area (Å²) in [6, 6.07) is 48.9. The maximum absolute atomic E-state index is 3.84. The minimum Gasteiger partial charge on any atom is -0.355 e. The van der Waals surface area contributed by atoms with Crippen LogP contribution in [0.4, 0.5) is 22.7 Å². The SMILES string of the molecule is Cc1cc(-c2cc(-c3ccccc3)ccc2Nc2ccc(-c3ccccc3)cc2)c2c(c1)N1c3c(cccc3C3(C)CCCCC13C)[B]2. The predicted octanol–water partition coefficient (Wildman–Crippen LogP) is 10.5. The van der Waals surface area contributed by atoms with E-state index in [1.807, 2.05) is 0 Å². The fraction of sp³-hybridized carbons (Fsp3) is 0.200. The number of aryl methyl sites for hydroxylation is 1. The molecule has 3 aliphatic rings. The van der Waals surface area contributed by atoms with E-state index in [2.05, 4.69) is 172 Å². The fourth-order valence-electron chi connectivity index (χ4n) is 8.99. The Morgan fingerprint density at radius 3 is 2.04 bits per heavy atom. The van der Waals surface area contributed by atoms with Crippen LogP contribution in [-0.4, -0.2) is 12.8 Å². The van der Waals surface area contributed by atoms with Gasteiger partial charge in [-0.3, -0.25) is 0 Å². The first-order chi connectivity index (χ1) is 23.4. The highest BCUT2D eigenvalue weighted by Gasteiger charge is 2.59. The quantitative estimate of drug-likeness (QED) is 0.193. The molecule has 6 aromatic rings. The first kappa shape index (κ1) is 29.1. The smallest absolute Gasteiger partial charge is 0.197 e. The summed E-state index contributed by atoms with van der Waals surface area (Å²) in [7, 11) is 2.47. The number of benzene rings is 6. The lowest BCUT2D eigenvalue weighted by Crippen LogP contribution is -2.57. The molecular formula is C45H40BN2. The third-order valence-corrected chi connectivity index (χ3v) is 11.7. The Kier molecular flexibility index (Phi) is 6.69. The van der Waals surface area contributed by atoms with Crippen LogP contribution in [0.5, 0.6) is 0 Å². The highest BCUT2D eigenvalue weighted by molar-refractivity contribution is 6.73. The zero-order valence-corrected chi connectivity index (χ0v) is 28.1. The van der Waals surface area contributed by atoms with E-state index >= 15 is 0 Å². The van der Waals surface area contributed by atoms with Gasteiger partial charge in [-0.25, -0.2) is 0 Å². The van der Waals surface area contributed by atoms with Gasteiger partial charge in [0.15, 0.2) is 7.28 Å². The van der Waals surface area contributed by atoms with Crippen molar-refractivity contribution in [2.24, 2.45) is 0 Å². The largest absolute Gasteiger partial charge is 0.355 e. The van der Waals surface area contributed by atoms with Gasteiger partial charge in [-0.05, 0) is 96.0 Å². The minimum atomic E-state index is 0.0330. The summed E-state index contributed by atoms with van der Waals surface area (Å²) in [4.78, 5) is 2.76. The van der Waals surface area contributed by atoms with E-state index in [0.29, 0.717) is 0 Å². The Labute approximate surface area is 285 Å². The lowest BCUT2D eigenvalue weighted by molar-refractivity contribution is 0.195. The van der Waals surface area contributed by atoms with Crippen LogP contribution in [0.15, 0.2) is 133 Å². The van der Waals surface area contributed by atoms with E-state index in [1.165, 1.54) is 92.5 Å². The average molecular weight is 620 g/mol. The Balaban J connectivity index is 1.21. The van der Waals surface area contributed by atoms with Crippen molar-refractivity contribution in [3.8, 4) is 33.4 Å². The van der Waals surface area contributed by atoms with E-state index in [-0.39, 0.29) is 11.0 Å². The summed E-state index contributed by atoms with van der Waals surface area (Å²) in [5.41, 5.74) is 18.0. The van der Waals surface area contributed by atoms with Crippen molar-refractivity contribution in [3.63, 3.8) is 0 Å². The zero-order chi connectivity index (χ0) is 32.5. The second-order valence-electron chi connectivity index (χ2n) is 14.5. The van der Waals surface area contributed by atoms with Crippen LogP contribution in [0.25, 0.3) is 33.4 Å². The predicted molar refractivity (Wildman–Crippen MR) is 205 cm³/mol. The Morgan fingerprint density at radius 2 is 1.29 bits per heavy atom. The van der Waals surface area contributed by atoms with E-state index in [9.17, 15) is 0 Å². The van der Waals surface area contributed by atoms with Crippen molar-refractivity contribution in [1.29, 1.82) is 0 Å². The van der Waals surface area contributed by atoms with Gasteiger partial charge in [0.25, 0.3) is 0 Å². The fourth-order valence-corrected chi connectivity index (χ4v) is 8.99. The molecule has 48 heavy (non-hydrogen) atoms. The summed E-state index contributed by atoms with van der Waals surface area (Å²) in [6.45, 7) is 7.33. The standard InChI is InChI=1S/C45H40BN2/c1-30-27-37(42-41(28-30)48-43-38(17-12-18-39(43)46-42)44(2)25-10-11-26-45(44,48)3)36-29-34(32-15-8-5-9-16-32)21-24-40(36)47-35-22-19-33(20-23-35)31-13-6-4-7-14-31/h4-9,12-24,27-29,47H,10-11,25-26H2,1-3H3. The first-order valence-electron chi connectivity index (χ1n) is 17.5. The molecule has 1 aliphatic carbocycles. The van der Waals surface area contributed by atoms with E-state index in [0.717, 1.165) is 11.4 Å². The second-order valence-corrected chi connectivity index (χ2v) is 14.5. The molecule has 1 radical (unpaired) electrons. The van der Waals surface area contributed by atoms with Gasteiger partial charge in [-0.1, -0.05) is 134 Å². The minimum absolute atomic E-state index is 0.0330. The van der Waals surface area contributed by atoms with Gasteiger partial charge in [0.2, 0.25) is 0 Å². The van der Waals surface area contributed by atoms with Crippen molar-refractivity contribution in [1.82, 2.24) is 0 Å². The third kappa shape index (κ3) is 4.40. The lowest BCUT2D eigenvalue weighted by atomic mass is 9.58. The monoisotopic (exact) mass is 619 g/mol. The van der Waals surface area contributed by atoms with Crippen molar-refractivity contribution in [2.45, 2.75) is 57.4 Å². The normalized spacial score (nSPS) is 20.4.